The van der Waals surface area contributed by atoms with Crippen molar-refractivity contribution >= 4 is 7.85 Å². The summed E-state index contributed by atoms with van der Waals surface area (Å²) >= 11 is 0. The molecule has 15 heavy (non-hydrogen) atoms. The lowest BCUT2D eigenvalue weighted by atomic mass is 9.65. The molecule has 1 saturated heterocycles. The summed E-state index contributed by atoms with van der Waals surface area (Å²) in [5.41, 5.74) is 0. The van der Waals surface area contributed by atoms with E-state index in [-0.39, 0.29) is 0 Å². The minimum atomic E-state index is -1.36. The van der Waals surface area contributed by atoms with Crippen LogP contribution >= 0.6 is 0 Å². The summed E-state index contributed by atoms with van der Waals surface area (Å²) in [5, 5.41) is 36.7. The van der Waals surface area contributed by atoms with Crippen LogP contribution < -0.4 is 0 Å². The maximum absolute atomic E-state index is 9.66. The molecular weight excluding hydrogens is 199 g/mol. The highest BCUT2D eigenvalue weighted by Crippen LogP contribution is 2.35. The van der Waals surface area contributed by atoms with Gasteiger partial charge in [-0.1, -0.05) is 13.8 Å². The number of aliphatic hydroxyl groups is 4. The first-order valence-electron chi connectivity index (χ1n) is 4.88. The number of hydrogen-bond donors (Lipinski definition) is 4. The fourth-order valence-electron chi connectivity index (χ4n) is 1.72. The van der Waals surface area contributed by atoms with E-state index in [1.165, 1.54) is 0 Å². The van der Waals surface area contributed by atoms with Crippen LogP contribution in [0.1, 0.15) is 13.8 Å². The Labute approximate surface area is 90.1 Å². The highest BCUT2D eigenvalue weighted by Gasteiger charge is 2.47. The van der Waals surface area contributed by atoms with E-state index in [1.54, 1.807) is 13.8 Å². The molecule has 0 aromatic carbocycles. The number of ether oxygens (including phenoxy) is 1. The van der Waals surface area contributed by atoms with Gasteiger partial charge >= 0.3 is 0 Å². The Morgan fingerprint density at radius 3 is 2.07 bits per heavy atom. The normalized spacial score (nSPS) is 42.9. The average molecular weight is 216 g/mol. The molecular formula is C9H17BO5. The highest BCUT2D eigenvalue weighted by molar-refractivity contribution is 6.15. The number of rotatable bonds is 2. The summed E-state index contributed by atoms with van der Waals surface area (Å²) in [6.45, 7) is 2.84. The van der Waals surface area contributed by atoms with Crippen LogP contribution in [0.4, 0.5) is 0 Å². The lowest BCUT2D eigenvalue weighted by Crippen LogP contribution is -2.60. The van der Waals surface area contributed by atoms with Gasteiger partial charge in [-0.2, -0.15) is 0 Å². The summed E-state index contributed by atoms with van der Waals surface area (Å²) in [5.74, 6) is 0. The van der Waals surface area contributed by atoms with Gasteiger partial charge in [-0.25, -0.2) is 0 Å². The SMILES string of the molecule is [B]C(C)(C)[C@H]1OC(CO)[C@H](O)C(O)C1O. The Bertz CT molecular complexity index is 215. The fraction of sp³-hybridized carbons (Fsp3) is 1.00. The van der Waals surface area contributed by atoms with Gasteiger partial charge in [0.15, 0.2) is 0 Å². The van der Waals surface area contributed by atoms with Crippen molar-refractivity contribution in [1.82, 2.24) is 0 Å². The van der Waals surface area contributed by atoms with E-state index in [9.17, 15) is 15.3 Å². The summed E-state index contributed by atoms with van der Waals surface area (Å²) in [6, 6.07) is 0. The molecule has 0 saturated carbocycles. The van der Waals surface area contributed by atoms with Gasteiger partial charge in [0.25, 0.3) is 0 Å². The van der Waals surface area contributed by atoms with Crippen LogP contribution in [-0.4, -0.2) is 65.4 Å². The molecule has 0 spiro atoms. The minimum Gasteiger partial charge on any atom is -0.394 e. The molecule has 0 aromatic heterocycles. The first-order valence-corrected chi connectivity index (χ1v) is 4.88. The third-order valence-corrected chi connectivity index (χ3v) is 2.63. The molecule has 5 atom stereocenters. The van der Waals surface area contributed by atoms with Gasteiger partial charge in [0.2, 0.25) is 0 Å². The van der Waals surface area contributed by atoms with Gasteiger partial charge in [-0.05, 0) is 5.31 Å². The molecule has 0 aliphatic carbocycles. The second-order valence-corrected chi connectivity index (χ2v) is 4.57. The molecule has 0 bridgehead atoms. The largest absolute Gasteiger partial charge is 0.394 e. The van der Waals surface area contributed by atoms with E-state index in [4.69, 9.17) is 17.7 Å². The van der Waals surface area contributed by atoms with Crippen molar-refractivity contribution in [3.63, 3.8) is 0 Å². The van der Waals surface area contributed by atoms with E-state index < -0.39 is 42.4 Å². The Hall–Kier alpha value is -0.135. The molecule has 1 aliphatic heterocycles. The Balaban J connectivity index is 2.83. The van der Waals surface area contributed by atoms with E-state index in [1.807, 2.05) is 0 Å². The van der Waals surface area contributed by atoms with Crippen LogP contribution in [0, 0.1) is 0 Å². The fourth-order valence-corrected chi connectivity index (χ4v) is 1.72. The predicted octanol–water partition coefficient (Wildman–Crippen LogP) is -1.80. The van der Waals surface area contributed by atoms with Crippen molar-refractivity contribution in [2.45, 2.75) is 49.7 Å². The second kappa shape index (κ2) is 4.39. The Morgan fingerprint density at radius 2 is 1.67 bits per heavy atom. The lowest BCUT2D eigenvalue weighted by molar-refractivity contribution is -0.236. The van der Waals surface area contributed by atoms with Gasteiger partial charge in [0.1, 0.15) is 24.4 Å². The van der Waals surface area contributed by atoms with Gasteiger partial charge in [0.05, 0.1) is 20.6 Å². The molecule has 86 valence electrons. The zero-order valence-electron chi connectivity index (χ0n) is 8.87. The molecule has 1 heterocycles. The first kappa shape index (κ1) is 12.9. The smallest absolute Gasteiger partial charge is 0.111 e. The molecule has 3 unspecified atom stereocenters. The third kappa shape index (κ3) is 2.51. The molecule has 2 radical (unpaired) electrons. The Kier molecular flexibility index (Phi) is 3.78. The summed E-state index contributed by atoms with van der Waals surface area (Å²) in [7, 11) is 5.77. The van der Waals surface area contributed by atoms with Crippen LogP contribution in [0.3, 0.4) is 0 Å². The van der Waals surface area contributed by atoms with Gasteiger partial charge in [-0.3, -0.25) is 0 Å². The van der Waals surface area contributed by atoms with E-state index in [0.29, 0.717) is 0 Å². The Morgan fingerprint density at radius 1 is 1.13 bits per heavy atom. The van der Waals surface area contributed by atoms with Crippen LogP contribution in [0.15, 0.2) is 0 Å². The highest BCUT2D eigenvalue weighted by atomic mass is 16.5. The molecule has 1 aliphatic rings. The van der Waals surface area contributed by atoms with Gasteiger partial charge < -0.3 is 25.2 Å². The number of aliphatic hydroxyl groups excluding tert-OH is 4. The zero-order valence-corrected chi connectivity index (χ0v) is 8.87. The van der Waals surface area contributed by atoms with Crippen molar-refractivity contribution in [1.29, 1.82) is 0 Å². The van der Waals surface area contributed by atoms with Crippen LogP contribution in [0.2, 0.25) is 5.31 Å². The van der Waals surface area contributed by atoms with Gasteiger partial charge in [-0.15, -0.1) is 0 Å². The van der Waals surface area contributed by atoms with E-state index >= 15 is 0 Å². The van der Waals surface area contributed by atoms with Crippen LogP contribution in [0.5, 0.6) is 0 Å². The van der Waals surface area contributed by atoms with E-state index in [2.05, 4.69) is 0 Å². The standard InChI is InChI=1S/C9H17BO5/c1-9(2,10)8-7(14)6(13)5(12)4(3-11)15-8/h4-8,11-14H,3H2,1-2H3/t4?,5-,6?,7?,8-/m0/s1. The summed E-state index contributed by atoms with van der Waals surface area (Å²) in [6.07, 6.45) is -5.67. The molecule has 6 heteroatoms. The average Bonchev–Trinajstić information content (AvgIpc) is 2.13. The quantitative estimate of drug-likeness (QED) is 0.409. The molecule has 5 nitrogen and oxygen atoms in total. The minimum absolute atomic E-state index is 0.433. The predicted molar refractivity (Wildman–Crippen MR) is 53.6 cm³/mol. The second-order valence-electron chi connectivity index (χ2n) is 4.57. The van der Waals surface area contributed by atoms with Crippen molar-refractivity contribution in [3.8, 4) is 0 Å². The topological polar surface area (TPSA) is 90.2 Å². The zero-order chi connectivity index (χ0) is 11.8. The van der Waals surface area contributed by atoms with Crippen LogP contribution in [-0.2, 0) is 4.74 Å². The molecule has 1 rings (SSSR count). The van der Waals surface area contributed by atoms with Crippen molar-refractivity contribution in [2.75, 3.05) is 6.61 Å². The lowest BCUT2D eigenvalue weighted by Gasteiger charge is -2.45. The summed E-state index contributed by atoms with van der Waals surface area (Å²) < 4.78 is 5.26. The monoisotopic (exact) mass is 216 g/mol. The van der Waals surface area contributed by atoms with E-state index in [0.717, 1.165) is 0 Å². The van der Waals surface area contributed by atoms with Crippen molar-refractivity contribution in [3.05, 3.63) is 0 Å². The third-order valence-electron chi connectivity index (χ3n) is 2.63. The van der Waals surface area contributed by atoms with Crippen molar-refractivity contribution < 1.29 is 25.2 Å². The first-order chi connectivity index (χ1) is 6.79. The molecule has 0 amide bonds. The van der Waals surface area contributed by atoms with Crippen LogP contribution in [0.25, 0.3) is 0 Å². The summed E-state index contributed by atoms with van der Waals surface area (Å²) in [4.78, 5) is 0. The van der Waals surface area contributed by atoms with Crippen molar-refractivity contribution in [2.24, 2.45) is 0 Å². The molecule has 0 aromatic rings. The maximum atomic E-state index is 9.66. The molecule has 1 fully saturated rings. The maximum Gasteiger partial charge on any atom is 0.111 e. The number of hydrogen-bond acceptors (Lipinski definition) is 5. The van der Waals surface area contributed by atoms with Gasteiger partial charge in [0, 0.05) is 0 Å². The molecule has 4 N–H and O–H groups in total.